The summed E-state index contributed by atoms with van der Waals surface area (Å²) < 4.78 is 0. The van der Waals surface area contributed by atoms with Crippen LogP contribution in [0.3, 0.4) is 0 Å². The maximum absolute atomic E-state index is 4.75. The van der Waals surface area contributed by atoms with Crippen molar-refractivity contribution in [1.82, 2.24) is 0 Å². The Bertz CT molecular complexity index is 1210. The van der Waals surface area contributed by atoms with Crippen molar-refractivity contribution in [2.75, 3.05) is 0 Å². The van der Waals surface area contributed by atoms with Gasteiger partial charge in [-0.25, -0.2) is 0 Å². The Labute approximate surface area is 206 Å². The fourth-order valence-electron chi connectivity index (χ4n) is 6.90. The molecule has 0 radical (unpaired) electrons. The number of rotatable bonds is 6. The van der Waals surface area contributed by atoms with E-state index >= 15 is 0 Å². The highest BCUT2D eigenvalue weighted by Crippen LogP contribution is 2.57. The van der Waals surface area contributed by atoms with Gasteiger partial charge in [-0.1, -0.05) is 118 Å². The van der Waals surface area contributed by atoms with Crippen LogP contribution in [0, 0.1) is 17.8 Å². The Balaban J connectivity index is 1.58. The second-order valence-electron chi connectivity index (χ2n) is 10.5. The minimum absolute atomic E-state index is 0.381. The molecule has 1 saturated carbocycles. The average molecular weight is 447 g/mol. The van der Waals surface area contributed by atoms with Crippen molar-refractivity contribution in [2.45, 2.75) is 58.8 Å². The van der Waals surface area contributed by atoms with E-state index in [2.05, 4.69) is 94.1 Å². The highest BCUT2D eigenvalue weighted by atomic mass is 14.5. The minimum atomic E-state index is 0.381. The molecule has 0 spiro atoms. The lowest BCUT2D eigenvalue weighted by Gasteiger charge is -2.42. The van der Waals surface area contributed by atoms with E-state index in [1.807, 2.05) is 0 Å². The number of hydrogen-bond acceptors (Lipinski definition) is 0. The summed E-state index contributed by atoms with van der Waals surface area (Å²) in [4.78, 5) is 0. The lowest BCUT2D eigenvalue weighted by atomic mass is 9.61. The average Bonchev–Trinajstić information content (AvgIpc) is 3.39. The number of benzene rings is 2. The van der Waals surface area contributed by atoms with Gasteiger partial charge in [0.2, 0.25) is 0 Å². The lowest BCUT2D eigenvalue weighted by molar-refractivity contribution is 0.321. The molecule has 2 aromatic rings. The SMILES string of the molecule is C=C1C(=CC2=CCc3ccccc32)CC2=CC(C)C(C(=C)CCC)C(c3ccccc3CC)C12. The Hall–Kier alpha value is -2.86. The Morgan fingerprint density at radius 2 is 1.82 bits per heavy atom. The molecule has 0 amide bonds. The van der Waals surface area contributed by atoms with Gasteiger partial charge in [-0.3, -0.25) is 0 Å². The van der Waals surface area contributed by atoms with Gasteiger partial charge in [-0.15, -0.1) is 0 Å². The molecule has 0 aromatic heterocycles. The van der Waals surface area contributed by atoms with Gasteiger partial charge in [-0.2, -0.15) is 0 Å². The standard InChI is InChI=1S/C34H38/c1-6-12-22(3)32-23(4)19-29-21-28(20-27-18-17-26-14-9-10-15-30(26)27)24(5)33(29)34(32)31-16-11-8-13-25(31)7-2/h8-11,13-16,18-20,23,32-34H,3,5-7,12,17,21H2,1-2,4H3. The van der Waals surface area contributed by atoms with Crippen molar-refractivity contribution in [3.8, 4) is 0 Å². The smallest absolute Gasteiger partial charge is 0.0123 e. The van der Waals surface area contributed by atoms with E-state index in [0.29, 0.717) is 23.7 Å². The molecule has 4 atom stereocenters. The van der Waals surface area contributed by atoms with E-state index in [1.54, 1.807) is 5.57 Å². The molecule has 2 aromatic carbocycles. The quantitative estimate of drug-likeness (QED) is 0.388. The summed E-state index contributed by atoms with van der Waals surface area (Å²) in [5.41, 5.74) is 12.9. The molecule has 174 valence electrons. The van der Waals surface area contributed by atoms with Crippen LogP contribution in [0.25, 0.3) is 5.57 Å². The maximum Gasteiger partial charge on any atom is 0.0123 e. The molecule has 0 nitrogen and oxygen atoms in total. The molecule has 1 fully saturated rings. The largest absolute Gasteiger partial charge is 0.0995 e. The zero-order valence-electron chi connectivity index (χ0n) is 21.1. The van der Waals surface area contributed by atoms with Crippen LogP contribution in [0.1, 0.15) is 68.2 Å². The third kappa shape index (κ3) is 3.88. The molecular weight excluding hydrogens is 408 g/mol. The highest BCUT2D eigenvalue weighted by molar-refractivity contribution is 5.81. The van der Waals surface area contributed by atoms with E-state index in [0.717, 1.165) is 32.1 Å². The van der Waals surface area contributed by atoms with Gasteiger partial charge in [0.15, 0.2) is 0 Å². The molecule has 3 aliphatic carbocycles. The molecule has 0 bridgehead atoms. The molecule has 4 unspecified atom stereocenters. The van der Waals surface area contributed by atoms with Gasteiger partial charge in [0, 0.05) is 11.8 Å². The number of aryl methyl sites for hydroxylation is 1. The molecule has 3 aliphatic rings. The van der Waals surface area contributed by atoms with Crippen molar-refractivity contribution in [3.63, 3.8) is 0 Å². The van der Waals surface area contributed by atoms with Gasteiger partial charge in [0.1, 0.15) is 0 Å². The van der Waals surface area contributed by atoms with Gasteiger partial charge in [0.25, 0.3) is 0 Å². The summed E-state index contributed by atoms with van der Waals surface area (Å²) in [5, 5.41) is 0. The summed E-state index contributed by atoms with van der Waals surface area (Å²) in [5.74, 6) is 1.77. The summed E-state index contributed by atoms with van der Waals surface area (Å²) in [6.45, 7) is 16.4. The van der Waals surface area contributed by atoms with Crippen molar-refractivity contribution >= 4 is 5.57 Å². The molecule has 0 heteroatoms. The molecule has 5 rings (SSSR count). The van der Waals surface area contributed by atoms with Crippen molar-refractivity contribution < 1.29 is 0 Å². The predicted octanol–water partition coefficient (Wildman–Crippen LogP) is 9.02. The van der Waals surface area contributed by atoms with Gasteiger partial charge < -0.3 is 0 Å². The fourth-order valence-corrected chi connectivity index (χ4v) is 6.90. The number of allylic oxidation sites excluding steroid dienone is 8. The third-order valence-corrected chi connectivity index (χ3v) is 8.41. The zero-order chi connectivity index (χ0) is 23.8. The van der Waals surface area contributed by atoms with Crippen molar-refractivity contribution in [2.24, 2.45) is 17.8 Å². The van der Waals surface area contributed by atoms with E-state index in [4.69, 9.17) is 6.58 Å². The first-order valence-corrected chi connectivity index (χ1v) is 13.2. The first kappa shape index (κ1) is 22.9. The molecular formula is C34H38. The lowest BCUT2D eigenvalue weighted by Crippen LogP contribution is -2.32. The third-order valence-electron chi connectivity index (χ3n) is 8.41. The van der Waals surface area contributed by atoms with E-state index in [-0.39, 0.29) is 0 Å². The second kappa shape index (κ2) is 9.41. The Morgan fingerprint density at radius 3 is 2.62 bits per heavy atom. The number of fused-ring (bicyclic) bond motifs is 2. The molecule has 0 N–H and O–H groups in total. The Morgan fingerprint density at radius 1 is 1.06 bits per heavy atom. The first-order chi connectivity index (χ1) is 16.5. The summed E-state index contributed by atoms with van der Waals surface area (Å²) in [7, 11) is 0. The van der Waals surface area contributed by atoms with Crippen LogP contribution in [0.4, 0.5) is 0 Å². The maximum atomic E-state index is 4.75. The van der Waals surface area contributed by atoms with Gasteiger partial charge in [0.05, 0.1) is 0 Å². The first-order valence-electron chi connectivity index (χ1n) is 13.2. The second-order valence-corrected chi connectivity index (χ2v) is 10.5. The summed E-state index contributed by atoms with van der Waals surface area (Å²) in [6, 6.07) is 18.0. The predicted molar refractivity (Wildman–Crippen MR) is 147 cm³/mol. The van der Waals surface area contributed by atoms with Gasteiger partial charge >= 0.3 is 0 Å². The minimum Gasteiger partial charge on any atom is -0.0995 e. The topological polar surface area (TPSA) is 0 Å². The van der Waals surface area contributed by atoms with Crippen LogP contribution in [0.2, 0.25) is 0 Å². The van der Waals surface area contributed by atoms with Crippen molar-refractivity contribution in [1.29, 1.82) is 0 Å². The van der Waals surface area contributed by atoms with Gasteiger partial charge in [-0.05, 0) is 76.5 Å². The van der Waals surface area contributed by atoms with Crippen LogP contribution < -0.4 is 0 Å². The van der Waals surface area contributed by atoms with E-state index in [9.17, 15) is 0 Å². The molecule has 0 heterocycles. The van der Waals surface area contributed by atoms with Crippen LogP contribution in [-0.2, 0) is 12.8 Å². The normalized spacial score (nSPS) is 26.8. The molecule has 0 saturated heterocycles. The summed E-state index contributed by atoms with van der Waals surface area (Å²) >= 11 is 0. The van der Waals surface area contributed by atoms with E-state index in [1.165, 1.54) is 44.5 Å². The summed E-state index contributed by atoms with van der Waals surface area (Å²) in [6.07, 6.45) is 12.8. The van der Waals surface area contributed by atoms with Crippen LogP contribution in [0.5, 0.6) is 0 Å². The molecule has 0 aliphatic heterocycles. The van der Waals surface area contributed by atoms with Crippen LogP contribution in [0.15, 0.2) is 102 Å². The van der Waals surface area contributed by atoms with Crippen LogP contribution in [-0.4, -0.2) is 0 Å². The highest BCUT2D eigenvalue weighted by Gasteiger charge is 2.45. The molecule has 34 heavy (non-hydrogen) atoms. The van der Waals surface area contributed by atoms with Crippen LogP contribution >= 0.6 is 0 Å². The number of hydrogen-bond donors (Lipinski definition) is 0. The monoisotopic (exact) mass is 446 g/mol. The zero-order valence-corrected chi connectivity index (χ0v) is 21.1. The van der Waals surface area contributed by atoms with Crippen molar-refractivity contribution in [3.05, 3.63) is 124 Å². The van der Waals surface area contributed by atoms with E-state index < -0.39 is 0 Å². The Kier molecular flexibility index (Phi) is 6.34. The fraction of sp³-hybridized carbons (Fsp3) is 0.353.